The number of nitrogens with zero attached hydrogens (tertiary/aromatic N) is 3. The van der Waals surface area contributed by atoms with Crippen LogP contribution in [-0.2, 0) is 27.0 Å². The van der Waals surface area contributed by atoms with Crippen molar-refractivity contribution in [1.29, 1.82) is 0 Å². The van der Waals surface area contributed by atoms with Crippen LogP contribution in [0.15, 0.2) is 64.5 Å². The van der Waals surface area contributed by atoms with Crippen molar-refractivity contribution in [3.05, 3.63) is 85.8 Å². The fourth-order valence-corrected chi connectivity index (χ4v) is 11.3. The molecule has 12 heteroatoms. The van der Waals surface area contributed by atoms with Crippen LogP contribution in [0.3, 0.4) is 0 Å². The lowest BCUT2D eigenvalue weighted by molar-refractivity contribution is -0.384. The van der Waals surface area contributed by atoms with E-state index in [2.05, 4.69) is 50.9 Å². The number of fused-ring (bicyclic) bond motifs is 1. The molecule has 0 aromatic heterocycles. The first kappa shape index (κ1) is 33.7. The Morgan fingerprint density at radius 2 is 1.84 bits per heavy atom. The molecule has 0 unspecified atom stereocenters. The second-order valence-corrected chi connectivity index (χ2v) is 21.4. The molecule has 2 fully saturated rings. The third kappa shape index (κ3) is 6.62. The molecule has 0 radical (unpaired) electrons. The number of nitro groups is 1. The van der Waals surface area contributed by atoms with Gasteiger partial charge in [0.2, 0.25) is 5.91 Å². The lowest BCUT2D eigenvalue weighted by Crippen LogP contribution is -2.72. The number of hydrogen-bond donors (Lipinski definition) is 1. The molecule has 9 nitrogen and oxygen atoms in total. The molecule has 3 aliphatic rings. The molecule has 3 heterocycles. The Kier molecular flexibility index (Phi) is 9.64. The summed E-state index contributed by atoms with van der Waals surface area (Å²) in [5.74, 6) is -1.89. The fourth-order valence-electron chi connectivity index (χ4n) is 6.24. The predicted molar refractivity (Wildman–Crippen MR) is 182 cm³/mol. The summed E-state index contributed by atoms with van der Waals surface area (Å²) in [6.45, 7) is 15.5. The molecule has 3 aliphatic heterocycles. The maximum atomic E-state index is 14.1. The number of carboxylic acids is 1. The zero-order valence-electron chi connectivity index (χ0n) is 26.8. The van der Waals surface area contributed by atoms with Gasteiger partial charge in [-0.2, -0.15) is 0 Å². The minimum Gasteiger partial charge on any atom is -0.477 e. The first-order valence-corrected chi connectivity index (χ1v) is 20.1. The predicted octanol–water partition coefficient (Wildman–Crippen LogP) is 7.10. The van der Waals surface area contributed by atoms with E-state index in [1.807, 2.05) is 25.1 Å². The minimum atomic E-state index is -2.27. The summed E-state index contributed by atoms with van der Waals surface area (Å²) in [5.41, 5.74) is 2.10. The molecule has 0 aliphatic carbocycles. The summed E-state index contributed by atoms with van der Waals surface area (Å²) in [5, 5.41) is 22.0. The first-order valence-electron chi connectivity index (χ1n) is 15.5. The molecule has 0 bridgehead atoms. The van der Waals surface area contributed by atoms with Crippen LogP contribution in [0.25, 0.3) is 0 Å². The van der Waals surface area contributed by atoms with Gasteiger partial charge in [-0.1, -0.05) is 81.9 Å². The molecule has 5 rings (SSSR count). The monoisotopic (exact) mass is 669 g/mol. The van der Waals surface area contributed by atoms with E-state index in [4.69, 9.17) is 4.43 Å². The molecule has 0 spiro atoms. The maximum absolute atomic E-state index is 14.1. The molecule has 242 valence electrons. The smallest absolute Gasteiger partial charge is 0.354 e. The van der Waals surface area contributed by atoms with Gasteiger partial charge in [-0.25, -0.2) is 4.79 Å². The Hall–Kier alpha value is -2.64. The summed E-state index contributed by atoms with van der Waals surface area (Å²) in [4.78, 5) is 40.9. The Morgan fingerprint density at radius 1 is 1.18 bits per heavy atom. The molecular formula is C33H43N3O6S2Si. The number of hydrogen-bond acceptors (Lipinski definition) is 8. The second kappa shape index (κ2) is 12.9. The van der Waals surface area contributed by atoms with Crippen LogP contribution >= 0.6 is 23.5 Å². The molecule has 0 saturated carbocycles. The van der Waals surface area contributed by atoms with Gasteiger partial charge in [-0.05, 0) is 48.6 Å². The Labute approximate surface area is 275 Å². The highest BCUT2D eigenvalue weighted by atomic mass is 32.2. The quantitative estimate of drug-likeness (QED) is 0.109. The number of rotatable bonds is 12. The standard InChI is InChI=1S/C33H43N3O6S2Si/c1-7-26(42-45(5,6)32(2,3)4)27-29(37)35-28(30(38)39)31(43-25-17-18-34(21-25)20-23-11-9-8-10-12-23)44-33(27,35)19-22-13-15-24(16-14-22)36(40)41/h8-16,25-27H,7,17-21H2,1-6H3,(H,38,39)/t25-,26-,27+,33+/m0/s1. The van der Waals surface area contributed by atoms with Crippen molar-refractivity contribution >= 4 is 49.4 Å². The van der Waals surface area contributed by atoms with E-state index in [9.17, 15) is 24.8 Å². The molecule has 4 atom stereocenters. The molecule has 1 N–H and O–H groups in total. The summed E-state index contributed by atoms with van der Waals surface area (Å²) in [7, 11) is -2.27. The lowest BCUT2D eigenvalue weighted by atomic mass is 9.77. The van der Waals surface area contributed by atoms with Gasteiger partial charge in [-0.15, -0.1) is 11.8 Å². The van der Waals surface area contributed by atoms with Crippen molar-refractivity contribution in [2.45, 2.75) is 87.9 Å². The van der Waals surface area contributed by atoms with E-state index < -0.39 is 30.0 Å². The summed E-state index contributed by atoms with van der Waals surface area (Å²) >= 11 is 3.05. The number of β-lactam (4-membered cyclic amide) rings is 1. The van der Waals surface area contributed by atoms with Crippen molar-refractivity contribution in [2.24, 2.45) is 5.92 Å². The van der Waals surface area contributed by atoms with Gasteiger partial charge < -0.3 is 9.53 Å². The molecule has 2 aromatic carbocycles. The summed E-state index contributed by atoms with van der Waals surface area (Å²) in [6.07, 6.45) is 1.51. The number of non-ortho nitro benzene ring substituents is 1. The zero-order chi connectivity index (χ0) is 32.7. The number of nitro benzene ring substituents is 1. The average molecular weight is 670 g/mol. The Bertz CT molecular complexity index is 1480. The van der Waals surface area contributed by atoms with Gasteiger partial charge in [0.15, 0.2) is 14.0 Å². The number of carboxylic acid groups (broad SMARTS) is 1. The summed E-state index contributed by atoms with van der Waals surface area (Å²) < 4.78 is 7.55. The van der Waals surface area contributed by atoms with E-state index in [0.717, 1.165) is 31.6 Å². The number of carbonyl (C=O) groups excluding carboxylic acids is 1. The van der Waals surface area contributed by atoms with E-state index in [0.29, 0.717) is 17.1 Å². The minimum absolute atomic E-state index is 0.0111. The Balaban J connectivity index is 1.45. The number of benzene rings is 2. The molecule has 2 aromatic rings. The van der Waals surface area contributed by atoms with Crippen molar-refractivity contribution in [3.8, 4) is 0 Å². The van der Waals surface area contributed by atoms with Crippen LogP contribution in [0.5, 0.6) is 0 Å². The lowest BCUT2D eigenvalue weighted by Gasteiger charge is -2.57. The zero-order valence-corrected chi connectivity index (χ0v) is 29.5. The van der Waals surface area contributed by atoms with Crippen LogP contribution in [0.4, 0.5) is 5.69 Å². The highest BCUT2D eigenvalue weighted by Crippen LogP contribution is 2.64. The highest BCUT2D eigenvalue weighted by molar-refractivity contribution is 8.23. The number of amides is 1. The van der Waals surface area contributed by atoms with Crippen LogP contribution in [0.2, 0.25) is 18.1 Å². The van der Waals surface area contributed by atoms with Crippen LogP contribution in [0, 0.1) is 16.0 Å². The third-order valence-electron chi connectivity index (χ3n) is 9.62. The van der Waals surface area contributed by atoms with Crippen LogP contribution < -0.4 is 0 Å². The molecule has 1 amide bonds. The van der Waals surface area contributed by atoms with Crippen molar-refractivity contribution in [1.82, 2.24) is 9.80 Å². The van der Waals surface area contributed by atoms with Gasteiger partial charge in [0.1, 0.15) is 4.87 Å². The Morgan fingerprint density at radius 3 is 2.42 bits per heavy atom. The normalized spacial score (nSPS) is 24.5. The summed E-state index contributed by atoms with van der Waals surface area (Å²) in [6, 6.07) is 16.7. The van der Waals surface area contributed by atoms with E-state index in [-0.39, 0.29) is 33.7 Å². The van der Waals surface area contributed by atoms with Crippen molar-refractivity contribution in [3.63, 3.8) is 0 Å². The molecule has 45 heavy (non-hydrogen) atoms. The highest BCUT2D eigenvalue weighted by Gasteiger charge is 2.69. The third-order valence-corrected chi connectivity index (χ3v) is 17.1. The maximum Gasteiger partial charge on any atom is 0.354 e. The SMILES string of the molecule is CC[C@H](O[Si](C)(C)C(C)(C)C)[C@@H]1C(=O)N2C(C(=O)O)=C(S[C@H]3CCN(Cc4ccccc4)C3)S[C@]12Cc1ccc([N+](=O)[O-])cc1. The van der Waals surface area contributed by atoms with Crippen molar-refractivity contribution in [2.75, 3.05) is 13.1 Å². The van der Waals surface area contributed by atoms with Gasteiger partial charge in [0.25, 0.3) is 5.69 Å². The van der Waals surface area contributed by atoms with Gasteiger partial charge >= 0.3 is 5.97 Å². The van der Waals surface area contributed by atoms with E-state index >= 15 is 0 Å². The van der Waals surface area contributed by atoms with E-state index in [1.165, 1.54) is 34.4 Å². The van der Waals surface area contributed by atoms with Crippen LogP contribution in [-0.4, -0.2) is 69.3 Å². The first-order chi connectivity index (χ1) is 21.2. The fraction of sp³-hybridized carbons (Fsp3) is 0.515. The number of likely N-dealkylation sites (tertiary alicyclic amines) is 1. The largest absolute Gasteiger partial charge is 0.477 e. The molecule has 2 saturated heterocycles. The second-order valence-electron chi connectivity index (χ2n) is 13.7. The number of thioether (sulfide) groups is 2. The average Bonchev–Trinajstić information content (AvgIpc) is 3.52. The van der Waals surface area contributed by atoms with Gasteiger partial charge in [-0.3, -0.25) is 24.7 Å². The molecular weight excluding hydrogens is 627 g/mol. The van der Waals surface area contributed by atoms with Crippen molar-refractivity contribution < 1.29 is 24.0 Å². The topological polar surface area (TPSA) is 113 Å². The van der Waals surface area contributed by atoms with Gasteiger partial charge in [0, 0.05) is 36.9 Å². The van der Waals surface area contributed by atoms with Gasteiger partial charge in [0.05, 0.1) is 21.2 Å². The van der Waals surface area contributed by atoms with Crippen LogP contribution in [0.1, 0.15) is 51.7 Å². The number of carbonyl (C=O) groups is 2. The van der Waals surface area contributed by atoms with E-state index in [1.54, 1.807) is 23.9 Å². The number of aliphatic carboxylic acids is 1.